The van der Waals surface area contributed by atoms with Crippen molar-refractivity contribution in [3.05, 3.63) is 85.7 Å². The highest BCUT2D eigenvalue weighted by atomic mass is 35.5. The van der Waals surface area contributed by atoms with Crippen molar-refractivity contribution in [2.75, 3.05) is 17.6 Å². The van der Waals surface area contributed by atoms with E-state index in [9.17, 15) is 32.0 Å². The zero-order chi connectivity index (χ0) is 32.5. The largest absolute Gasteiger partial charge is 0.619 e. The van der Waals surface area contributed by atoms with Crippen LogP contribution in [-0.4, -0.2) is 38.4 Å². The summed E-state index contributed by atoms with van der Waals surface area (Å²) in [7, 11) is -3.60. The third kappa shape index (κ3) is 8.35. The number of fused-ring (bicyclic) bond motifs is 1. The van der Waals surface area contributed by atoms with E-state index in [1.54, 1.807) is 0 Å². The molecule has 2 aromatic heterocycles. The van der Waals surface area contributed by atoms with E-state index in [2.05, 4.69) is 9.46 Å². The average molecular weight is 688 g/mol. The summed E-state index contributed by atoms with van der Waals surface area (Å²) in [6, 6.07) is 8.11. The summed E-state index contributed by atoms with van der Waals surface area (Å²) in [6.07, 6.45) is 3.66. The molecule has 240 valence electrons. The highest BCUT2D eigenvalue weighted by Gasteiger charge is 2.27. The van der Waals surface area contributed by atoms with E-state index >= 15 is 0 Å². The Bertz CT molecular complexity index is 1890. The van der Waals surface area contributed by atoms with Crippen LogP contribution < -0.4 is 24.7 Å². The SMILES string of the molecule is CS(=O)(=O)Nc1ccc2c(c1)oc(=O)n2CC(=O)OC(Cc1c(Cl)c[n+]([O-])cc1Cl)c1ccc(OC(F)F)c(OCC2CC2)c1. The molecule has 1 aliphatic rings. The molecule has 1 aliphatic carbocycles. The van der Waals surface area contributed by atoms with Crippen LogP contribution >= 0.6 is 23.2 Å². The lowest BCUT2D eigenvalue weighted by molar-refractivity contribution is -0.605. The Kier molecular flexibility index (Phi) is 9.41. The lowest BCUT2D eigenvalue weighted by atomic mass is 10.0. The van der Waals surface area contributed by atoms with E-state index in [-0.39, 0.29) is 62.8 Å². The number of esters is 1. The van der Waals surface area contributed by atoms with Gasteiger partial charge in [-0.25, -0.2) is 13.2 Å². The first-order valence-electron chi connectivity index (χ1n) is 13.3. The first-order valence-corrected chi connectivity index (χ1v) is 16.0. The first kappa shape index (κ1) is 32.3. The molecule has 12 nitrogen and oxygen atoms in total. The van der Waals surface area contributed by atoms with Gasteiger partial charge in [0, 0.05) is 18.1 Å². The number of benzene rings is 2. The molecule has 17 heteroatoms. The number of ether oxygens (including phenoxy) is 3. The van der Waals surface area contributed by atoms with Crippen LogP contribution in [0.3, 0.4) is 0 Å². The standard InChI is InChI=1S/C28H25Cl2F2N3O9S/c1-45(39,40)33-17-5-6-21-24(9-17)44-28(37)35(21)13-26(36)42-23(10-18-19(29)11-34(38)12-20(18)30)16-4-7-22(43-27(31)32)25(8-16)41-14-15-2-3-15/h4-9,11-12,15,23,27,33H,2-3,10,13-14H2,1H3. The van der Waals surface area contributed by atoms with Gasteiger partial charge in [0.05, 0.1) is 24.1 Å². The summed E-state index contributed by atoms with van der Waals surface area (Å²) < 4.78 is 74.4. The number of carbonyl (C=O) groups excluding carboxylic acids is 1. The van der Waals surface area contributed by atoms with Crippen LogP contribution in [-0.2, 0) is 32.5 Å². The molecule has 0 aliphatic heterocycles. The van der Waals surface area contributed by atoms with Gasteiger partial charge in [0.25, 0.3) is 0 Å². The Morgan fingerprint density at radius 1 is 1.16 bits per heavy atom. The number of oxazole rings is 1. The lowest BCUT2D eigenvalue weighted by Gasteiger charge is -2.21. The molecule has 0 saturated heterocycles. The molecule has 1 unspecified atom stereocenters. The van der Waals surface area contributed by atoms with Crippen molar-refractivity contribution in [2.24, 2.45) is 5.92 Å². The van der Waals surface area contributed by atoms with Crippen LogP contribution in [0, 0.1) is 11.1 Å². The van der Waals surface area contributed by atoms with Crippen molar-refractivity contribution in [1.29, 1.82) is 0 Å². The van der Waals surface area contributed by atoms with E-state index in [1.165, 1.54) is 36.4 Å². The maximum atomic E-state index is 13.3. The minimum atomic E-state index is -3.60. The second-order valence-corrected chi connectivity index (χ2v) is 12.9. The quantitative estimate of drug-likeness (QED) is 0.118. The Hall–Kier alpha value is -4.08. The molecular formula is C28H25Cl2F2N3O9S. The number of halogens is 4. The highest BCUT2D eigenvalue weighted by Crippen LogP contribution is 2.38. The molecule has 1 atom stereocenters. The molecule has 5 rings (SSSR count). The molecule has 45 heavy (non-hydrogen) atoms. The fourth-order valence-corrected chi connectivity index (χ4v) is 5.63. The first-order chi connectivity index (χ1) is 21.3. The number of rotatable bonds is 13. The maximum absolute atomic E-state index is 13.3. The van der Waals surface area contributed by atoms with Crippen LogP contribution in [0.2, 0.25) is 10.0 Å². The molecule has 1 fully saturated rings. The molecule has 0 amide bonds. The third-order valence-electron chi connectivity index (χ3n) is 6.71. The molecule has 2 heterocycles. The number of sulfonamides is 1. The molecule has 0 spiro atoms. The summed E-state index contributed by atoms with van der Waals surface area (Å²) in [5.74, 6) is -1.75. The molecule has 0 radical (unpaired) electrons. The number of carbonyl (C=O) groups is 1. The highest BCUT2D eigenvalue weighted by molar-refractivity contribution is 7.92. The number of nitrogens with zero attached hydrogens (tertiary/aromatic N) is 2. The predicted octanol–water partition coefficient (Wildman–Crippen LogP) is 4.82. The minimum absolute atomic E-state index is 0.000963. The molecule has 2 aromatic carbocycles. The summed E-state index contributed by atoms with van der Waals surface area (Å²) in [6.45, 7) is -3.46. The van der Waals surface area contributed by atoms with Gasteiger partial charge in [0.1, 0.15) is 22.7 Å². The monoisotopic (exact) mass is 687 g/mol. The van der Waals surface area contributed by atoms with Gasteiger partial charge >= 0.3 is 18.3 Å². The van der Waals surface area contributed by atoms with E-state index in [0.717, 1.165) is 36.1 Å². The number of aromatic nitrogens is 2. The van der Waals surface area contributed by atoms with Crippen molar-refractivity contribution in [2.45, 2.75) is 38.5 Å². The van der Waals surface area contributed by atoms with Crippen LogP contribution in [0.25, 0.3) is 11.1 Å². The number of pyridine rings is 1. The lowest BCUT2D eigenvalue weighted by Crippen LogP contribution is -2.26. The molecule has 1 saturated carbocycles. The predicted molar refractivity (Wildman–Crippen MR) is 158 cm³/mol. The number of nitrogens with one attached hydrogen (secondary N) is 1. The van der Waals surface area contributed by atoms with Crippen LogP contribution in [0.15, 0.2) is 58.0 Å². The summed E-state index contributed by atoms with van der Waals surface area (Å²) in [5.41, 5.74) is 0.893. The van der Waals surface area contributed by atoms with Crippen molar-refractivity contribution in [3.8, 4) is 11.5 Å². The Labute approximate surface area is 264 Å². The molecular weight excluding hydrogens is 663 g/mol. The molecule has 1 N–H and O–H groups in total. The van der Waals surface area contributed by atoms with Crippen LogP contribution in [0.1, 0.15) is 30.1 Å². The number of alkyl halides is 2. The van der Waals surface area contributed by atoms with Gasteiger partial charge < -0.3 is 23.8 Å². The number of hydrogen-bond donors (Lipinski definition) is 1. The average Bonchev–Trinajstić information content (AvgIpc) is 3.71. The van der Waals surface area contributed by atoms with Crippen molar-refractivity contribution in [3.63, 3.8) is 0 Å². The van der Waals surface area contributed by atoms with Crippen LogP contribution in [0.5, 0.6) is 11.5 Å². The Morgan fingerprint density at radius 3 is 2.51 bits per heavy atom. The summed E-state index contributed by atoms with van der Waals surface area (Å²) >= 11 is 12.6. The van der Waals surface area contributed by atoms with Gasteiger partial charge in [0.2, 0.25) is 10.0 Å². The van der Waals surface area contributed by atoms with Gasteiger partial charge in [0.15, 0.2) is 29.5 Å². The normalized spacial score (nSPS) is 14.0. The second kappa shape index (κ2) is 13.1. The van der Waals surface area contributed by atoms with Crippen molar-refractivity contribution < 1.29 is 45.4 Å². The minimum Gasteiger partial charge on any atom is -0.619 e. The van der Waals surface area contributed by atoms with E-state index in [0.29, 0.717) is 10.3 Å². The Morgan fingerprint density at radius 2 is 1.87 bits per heavy atom. The van der Waals surface area contributed by atoms with Gasteiger partial charge in [-0.3, -0.25) is 14.1 Å². The van der Waals surface area contributed by atoms with E-state index in [1.807, 2.05) is 0 Å². The second-order valence-electron chi connectivity index (χ2n) is 10.3. The van der Waals surface area contributed by atoms with Gasteiger partial charge in [-0.2, -0.15) is 13.5 Å². The van der Waals surface area contributed by atoms with Crippen molar-refractivity contribution >= 4 is 56.0 Å². The number of anilines is 1. The summed E-state index contributed by atoms with van der Waals surface area (Å²) in [5, 5.41) is 11.8. The summed E-state index contributed by atoms with van der Waals surface area (Å²) in [4.78, 5) is 25.9. The van der Waals surface area contributed by atoms with Crippen LogP contribution in [0.4, 0.5) is 14.5 Å². The topological polar surface area (TPSA) is 153 Å². The van der Waals surface area contributed by atoms with Crippen molar-refractivity contribution in [1.82, 2.24) is 4.57 Å². The number of hydrogen-bond acceptors (Lipinski definition) is 9. The zero-order valence-electron chi connectivity index (χ0n) is 23.4. The smallest absolute Gasteiger partial charge is 0.420 e. The fraction of sp³-hybridized carbons (Fsp3) is 0.321. The molecule has 0 bridgehead atoms. The maximum Gasteiger partial charge on any atom is 0.420 e. The van der Waals surface area contributed by atoms with Gasteiger partial charge in [-0.05, 0) is 48.6 Å². The fourth-order valence-electron chi connectivity index (χ4n) is 4.48. The van der Waals surface area contributed by atoms with E-state index < -0.39 is 41.0 Å². The van der Waals surface area contributed by atoms with E-state index in [4.69, 9.17) is 37.1 Å². The zero-order valence-corrected chi connectivity index (χ0v) is 25.7. The van der Waals surface area contributed by atoms with Gasteiger partial charge in [-0.1, -0.05) is 29.3 Å². The Balaban J connectivity index is 1.46. The molecule has 4 aromatic rings. The third-order valence-corrected chi connectivity index (χ3v) is 7.96. The van der Waals surface area contributed by atoms with Gasteiger partial charge in [-0.15, -0.1) is 0 Å².